The number of carbonyl (C=O) groups is 2. The van der Waals surface area contributed by atoms with E-state index >= 15 is 0 Å². The molecule has 4 atom stereocenters. The lowest BCUT2D eigenvalue weighted by atomic mass is 9.77. The first kappa shape index (κ1) is 21.3. The van der Waals surface area contributed by atoms with Crippen molar-refractivity contribution in [1.29, 1.82) is 0 Å². The van der Waals surface area contributed by atoms with Crippen molar-refractivity contribution in [2.24, 2.45) is 11.8 Å². The lowest BCUT2D eigenvalue weighted by molar-refractivity contribution is -0.121. The average Bonchev–Trinajstić information content (AvgIpc) is 3.15. The average molecular weight is 426 g/mol. The normalized spacial score (nSPS) is 25.1. The van der Waals surface area contributed by atoms with Crippen LogP contribution >= 0.6 is 0 Å². The fourth-order valence-electron chi connectivity index (χ4n) is 4.67. The Balaban J connectivity index is 1.35. The van der Waals surface area contributed by atoms with Crippen LogP contribution in [0.25, 0.3) is 0 Å². The zero-order valence-electron chi connectivity index (χ0n) is 17.5. The molecule has 2 aromatic carbocycles. The number of fused-ring (bicyclic) bond motifs is 1. The van der Waals surface area contributed by atoms with Gasteiger partial charge < -0.3 is 20.1 Å². The molecule has 6 nitrogen and oxygen atoms in total. The van der Waals surface area contributed by atoms with Gasteiger partial charge in [-0.05, 0) is 55.0 Å². The summed E-state index contributed by atoms with van der Waals surface area (Å²) in [5.41, 5.74) is 1.04. The molecule has 164 valence electrons. The van der Waals surface area contributed by atoms with Crippen molar-refractivity contribution in [1.82, 2.24) is 10.2 Å². The molecule has 0 bridgehead atoms. The summed E-state index contributed by atoms with van der Waals surface area (Å²) in [4.78, 5) is 26.2. The summed E-state index contributed by atoms with van der Waals surface area (Å²) in [6.07, 6.45) is 0.686. The molecule has 1 saturated heterocycles. The Bertz CT molecular complexity index is 949. The summed E-state index contributed by atoms with van der Waals surface area (Å²) in [5.74, 6) is 0.568. The van der Waals surface area contributed by atoms with Gasteiger partial charge in [0.1, 0.15) is 18.2 Å². The van der Waals surface area contributed by atoms with E-state index in [9.17, 15) is 19.1 Å². The number of ether oxygens (including phenoxy) is 1. The molecule has 7 heteroatoms. The molecule has 2 amide bonds. The van der Waals surface area contributed by atoms with E-state index in [2.05, 4.69) is 5.32 Å². The minimum Gasteiger partial charge on any atom is -0.489 e. The minimum absolute atomic E-state index is 0.0550. The zero-order valence-corrected chi connectivity index (χ0v) is 17.5. The van der Waals surface area contributed by atoms with Crippen LogP contribution in [0.2, 0.25) is 0 Å². The van der Waals surface area contributed by atoms with Crippen LogP contribution in [-0.4, -0.2) is 47.1 Å². The number of hydrogen-bond donors (Lipinski definition) is 2. The first-order chi connectivity index (χ1) is 14.9. The van der Waals surface area contributed by atoms with Crippen LogP contribution in [0.5, 0.6) is 5.75 Å². The molecule has 2 N–H and O–H groups in total. The number of nitrogens with one attached hydrogen (secondary N) is 1. The van der Waals surface area contributed by atoms with Crippen molar-refractivity contribution in [2.75, 3.05) is 13.1 Å². The second kappa shape index (κ2) is 9.06. The van der Waals surface area contributed by atoms with E-state index in [1.54, 1.807) is 42.5 Å². The molecule has 0 unspecified atom stereocenters. The van der Waals surface area contributed by atoms with Crippen molar-refractivity contribution in [2.45, 2.75) is 38.5 Å². The highest BCUT2D eigenvalue weighted by atomic mass is 19.1. The van der Waals surface area contributed by atoms with E-state index in [0.29, 0.717) is 42.8 Å². The molecule has 1 saturated carbocycles. The van der Waals surface area contributed by atoms with Gasteiger partial charge in [-0.25, -0.2) is 4.39 Å². The topological polar surface area (TPSA) is 78.9 Å². The van der Waals surface area contributed by atoms with E-state index < -0.39 is 6.10 Å². The third kappa shape index (κ3) is 4.88. The second-order valence-electron chi connectivity index (χ2n) is 8.48. The van der Waals surface area contributed by atoms with Crippen LogP contribution in [-0.2, 0) is 11.4 Å². The van der Waals surface area contributed by atoms with Crippen LogP contribution in [0.4, 0.5) is 4.39 Å². The van der Waals surface area contributed by atoms with Crippen molar-refractivity contribution >= 4 is 11.8 Å². The first-order valence-corrected chi connectivity index (χ1v) is 10.6. The summed E-state index contributed by atoms with van der Waals surface area (Å²) in [6, 6.07) is 13.1. The third-order valence-corrected chi connectivity index (χ3v) is 6.27. The number of halogens is 1. The quantitative estimate of drug-likeness (QED) is 0.771. The van der Waals surface area contributed by atoms with Gasteiger partial charge in [-0.1, -0.05) is 18.2 Å². The number of aliphatic hydroxyl groups excluding tert-OH is 1. The van der Waals surface area contributed by atoms with Gasteiger partial charge in [-0.3, -0.25) is 9.59 Å². The van der Waals surface area contributed by atoms with Gasteiger partial charge in [-0.2, -0.15) is 0 Å². The fraction of sp³-hybridized carbons (Fsp3) is 0.417. The maximum Gasteiger partial charge on any atom is 0.253 e. The van der Waals surface area contributed by atoms with Gasteiger partial charge in [0.2, 0.25) is 5.91 Å². The van der Waals surface area contributed by atoms with Crippen LogP contribution in [0, 0.1) is 17.7 Å². The Labute approximate surface area is 181 Å². The number of hydrogen-bond acceptors (Lipinski definition) is 4. The van der Waals surface area contributed by atoms with Gasteiger partial charge in [0.25, 0.3) is 5.91 Å². The predicted octanol–water partition coefficient (Wildman–Crippen LogP) is 2.75. The molecule has 0 spiro atoms. The number of aliphatic hydroxyl groups is 1. The highest BCUT2D eigenvalue weighted by Gasteiger charge is 2.43. The highest BCUT2D eigenvalue weighted by molar-refractivity contribution is 5.94. The SMILES string of the molecule is CC(=O)N[C@@H]1C[C@@H]2CN(C(=O)c3ccc(OCc4ccccc4F)cc3)C[C@@H]2C[C@H]1O. The number of carbonyl (C=O) groups excluding carboxylic acids is 2. The summed E-state index contributed by atoms with van der Waals surface area (Å²) >= 11 is 0. The van der Waals surface area contributed by atoms with Crippen LogP contribution in [0.1, 0.15) is 35.7 Å². The third-order valence-electron chi connectivity index (χ3n) is 6.27. The van der Waals surface area contributed by atoms with E-state index in [0.717, 1.165) is 0 Å². The number of likely N-dealkylation sites (tertiary alicyclic amines) is 1. The molecular formula is C24H27FN2O4. The minimum atomic E-state index is -0.578. The maximum absolute atomic E-state index is 13.7. The predicted molar refractivity (Wildman–Crippen MR) is 113 cm³/mol. The Kier molecular flexibility index (Phi) is 6.23. The molecular weight excluding hydrogens is 399 g/mol. The number of amides is 2. The Morgan fingerprint density at radius 3 is 2.45 bits per heavy atom. The molecule has 31 heavy (non-hydrogen) atoms. The van der Waals surface area contributed by atoms with E-state index in [4.69, 9.17) is 4.74 Å². The summed E-state index contributed by atoms with van der Waals surface area (Å²) in [6.45, 7) is 2.80. The van der Waals surface area contributed by atoms with Gasteiger partial charge in [0, 0.05) is 31.1 Å². The van der Waals surface area contributed by atoms with Crippen molar-refractivity contribution < 1.29 is 23.8 Å². The maximum atomic E-state index is 13.7. The lowest BCUT2D eigenvalue weighted by Crippen LogP contribution is -2.48. The Hall–Kier alpha value is -2.93. The molecule has 2 aliphatic rings. The van der Waals surface area contributed by atoms with Crippen molar-refractivity contribution in [3.05, 3.63) is 65.5 Å². The summed E-state index contributed by atoms with van der Waals surface area (Å²) < 4.78 is 19.3. The van der Waals surface area contributed by atoms with Crippen LogP contribution in [0.3, 0.4) is 0 Å². The van der Waals surface area contributed by atoms with E-state index in [1.807, 2.05) is 4.90 Å². The smallest absolute Gasteiger partial charge is 0.253 e. The largest absolute Gasteiger partial charge is 0.489 e. The molecule has 4 rings (SSSR count). The molecule has 1 aliphatic carbocycles. The Morgan fingerprint density at radius 2 is 1.77 bits per heavy atom. The highest BCUT2D eigenvalue weighted by Crippen LogP contribution is 2.37. The van der Waals surface area contributed by atoms with E-state index in [-0.39, 0.29) is 42.1 Å². The second-order valence-corrected chi connectivity index (χ2v) is 8.48. The summed E-state index contributed by atoms with van der Waals surface area (Å²) in [7, 11) is 0. The van der Waals surface area contributed by atoms with Crippen molar-refractivity contribution in [3.63, 3.8) is 0 Å². The fourth-order valence-corrected chi connectivity index (χ4v) is 4.67. The molecule has 2 fully saturated rings. The standard InChI is InChI=1S/C24H27FN2O4/c1-15(28)26-22-10-18-12-27(13-19(18)11-23(22)29)24(30)16-6-8-20(9-7-16)31-14-17-4-2-3-5-21(17)25/h2-9,18-19,22-23,29H,10-14H2,1H3,(H,26,28)/t18-,19+,22-,23-/m1/s1. The number of nitrogens with zero attached hydrogens (tertiary/aromatic N) is 1. The molecule has 0 radical (unpaired) electrons. The first-order valence-electron chi connectivity index (χ1n) is 10.6. The molecule has 0 aromatic heterocycles. The Morgan fingerprint density at radius 1 is 1.10 bits per heavy atom. The van der Waals surface area contributed by atoms with Gasteiger partial charge in [0.05, 0.1) is 12.1 Å². The van der Waals surface area contributed by atoms with Crippen LogP contribution in [0.15, 0.2) is 48.5 Å². The van der Waals surface area contributed by atoms with Crippen LogP contribution < -0.4 is 10.1 Å². The van der Waals surface area contributed by atoms with E-state index in [1.165, 1.54) is 13.0 Å². The van der Waals surface area contributed by atoms with Gasteiger partial charge in [0.15, 0.2) is 0 Å². The van der Waals surface area contributed by atoms with Gasteiger partial charge in [-0.15, -0.1) is 0 Å². The van der Waals surface area contributed by atoms with Crippen molar-refractivity contribution in [3.8, 4) is 5.75 Å². The molecule has 2 aromatic rings. The van der Waals surface area contributed by atoms with Gasteiger partial charge >= 0.3 is 0 Å². The number of rotatable bonds is 5. The summed E-state index contributed by atoms with van der Waals surface area (Å²) in [5, 5.41) is 13.2. The number of benzene rings is 2. The molecule has 1 aliphatic heterocycles. The molecule has 1 heterocycles. The zero-order chi connectivity index (χ0) is 22.0. The monoisotopic (exact) mass is 426 g/mol. The lowest BCUT2D eigenvalue weighted by Gasteiger charge is -2.35.